The average Bonchev–Trinajstić information content (AvgIpc) is 2.76. The van der Waals surface area contributed by atoms with Gasteiger partial charge in [-0.2, -0.15) is 0 Å². The number of fused-ring (bicyclic) bond motifs is 1. The molecule has 0 aliphatic rings. The van der Waals surface area contributed by atoms with Crippen LogP contribution in [0.25, 0.3) is 33.3 Å². The van der Waals surface area contributed by atoms with Crippen molar-refractivity contribution in [2.45, 2.75) is 32.9 Å². The molecular weight excluding hydrogens is 477 g/mol. The second-order valence-corrected chi connectivity index (χ2v) is 10.3. The van der Waals surface area contributed by atoms with Crippen molar-refractivity contribution in [1.29, 1.82) is 0 Å². The van der Waals surface area contributed by atoms with E-state index in [0.29, 0.717) is 10.0 Å². The number of carbonyl (C=O) groups excluding carboxylic acids is 1. The minimum Gasteiger partial charge on any atom is -0.354 e. The zero-order valence-electron chi connectivity index (χ0n) is 20.4. The van der Waals surface area contributed by atoms with Gasteiger partial charge in [0.2, 0.25) is 5.91 Å². The summed E-state index contributed by atoms with van der Waals surface area (Å²) < 4.78 is 0. The molecule has 0 fully saturated rings. The second kappa shape index (κ2) is 10.8. The van der Waals surface area contributed by atoms with Gasteiger partial charge in [-0.1, -0.05) is 41.4 Å². The van der Waals surface area contributed by atoms with Crippen molar-refractivity contribution in [3.8, 4) is 22.4 Å². The molecule has 0 saturated heterocycles. The molecule has 0 spiro atoms. The maximum atomic E-state index is 12.7. The molecule has 4 rings (SSSR count). The number of aromatic nitrogens is 1. The lowest BCUT2D eigenvalue weighted by Gasteiger charge is -2.14. The zero-order chi connectivity index (χ0) is 25.1. The number of nitrogens with zero attached hydrogens (tertiary/aromatic N) is 2. The van der Waals surface area contributed by atoms with E-state index in [1.54, 1.807) is 0 Å². The zero-order valence-corrected chi connectivity index (χ0v) is 21.9. The van der Waals surface area contributed by atoms with Gasteiger partial charge in [-0.15, -0.1) is 0 Å². The van der Waals surface area contributed by atoms with Gasteiger partial charge in [-0.3, -0.25) is 4.79 Å². The normalized spacial score (nSPS) is 11.4. The van der Waals surface area contributed by atoms with Crippen LogP contribution in [0.3, 0.4) is 0 Å². The number of hydrogen-bond acceptors (Lipinski definition) is 3. The highest BCUT2D eigenvalue weighted by Gasteiger charge is 2.15. The van der Waals surface area contributed by atoms with Crippen molar-refractivity contribution in [2.75, 3.05) is 14.1 Å². The average molecular weight is 506 g/mol. The molecule has 0 radical (unpaired) electrons. The fourth-order valence-corrected chi connectivity index (χ4v) is 4.69. The van der Waals surface area contributed by atoms with Crippen molar-refractivity contribution in [2.24, 2.45) is 0 Å². The predicted molar refractivity (Wildman–Crippen MR) is 147 cm³/mol. The molecule has 0 bridgehead atoms. The van der Waals surface area contributed by atoms with Crippen LogP contribution in [-0.2, 0) is 17.8 Å². The van der Waals surface area contributed by atoms with E-state index >= 15 is 0 Å². The molecule has 3 aromatic carbocycles. The van der Waals surface area contributed by atoms with E-state index in [9.17, 15) is 4.79 Å². The van der Waals surface area contributed by atoms with Gasteiger partial charge in [0.15, 0.2) is 0 Å². The first-order valence-corrected chi connectivity index (χ1v) is 12.4. The Kier molecular flexibility index (Phi) is 7.75. The number of halogens is 2. The standard InChI is InChI=1S/C29H29Cl2N3O/c1-18(2)32-28(35)16-24-13-23-12-20(22-10-19(17-34(3)4)11-26(31)15-22)8-9-27(23)33-29(24)21-6-5-7-25(30)14-21/h5-15,18H,16-17H2,1-4H3,(H,32,35). The van der Waals surface area contributed by atoms with E-state index < -0.39 is 0 Å². The molecule has 180 valence electrons. The molecule has 4 aromatic rings. The van der Waals surface area contributed by atoms with Gasteiger partial charge in [-0.25, -0.2) is 4.98 Å². The van der Waals surface area contributed by atoms with Gasteiger partial charge >= 0.3 is 0 Å². The van der Waals surface area contributed by atoms with Gasteiger partial charge in [0.1, 0.15) is 0 Å². The van der Waals surface area contributed by atoms with Gasteiger partial charge in [-0.05, 0) is 98.7 Å². The summed E-state index contributed by atoms with van der Waals surface area (Å²) in [5.41, 5.74) is 6.62. The maximum Gasteiger partial charge on any atom is 0.224 e. The Morgan fingerprint density at radius 2 is 1.69 bits per heavy atom. The summed E-state index contributed by atoms with van der Waals surface area (Å²) in [6.45, 7) is 4.72. The Morgan fingerprint density at radius 3 is 2.40 bits per heavy atom. The highest BCUT2D eigenvalue weighted by atomic mass is 35.5. The van der Waals surface area contributed by atoms with Crippen LogP contribution in [-0.4, -0.2) is 35.9 Å². The van der Waals surface area contributed by atoms with Crippen LogP contribution in [0.1, 0.15) is 25.0 Å². The Hall–Kier alpha value is -2.92. The summed E-state index contributed by atoms with van der Waals surface area (Å²) in [5.74, 6) is -0.0382. The third kappa shape index (κ3) is 6.40. The lowest BCUT2D eigenvalue weighted by atomic mass is 9.97. The minimum absolute atomic E-state index is 0.0382. The highest BCUT2D eigenvalue weighted by molar-refractivity contribution is 6.31. The van der Waals surface area contributed by atoms with E-state index in [-0.39, 0.29) is 18.4 Å². The van der Waals surface area contributed by atoms with Crippen LogP contribution in [0.2, 0.25) is 10.0 Å². The number of carbonyl (C=O) groups is 1. The summed E-state index contributed by atoms with van der Waals surface area (Å²) in [5, 5.41) is 5.29. The second-order valence-electron chi connectivity index (χ2n) is 9.40. The number of pyridine rings is 1. The van der Waals surface area contributed by atoms with E-state index in [2.05, 4.69) is 34.5 Å². The smallest absolute Gasteiger partial charge is 0.224 e. The molecule has 1 amide bonds. The monoisotopic (exact) mass is 505 g/mol. The van der Waals surface area contributed by atoms with Crippen molar-refractivity contribution in [3.63, 3.8) is 0 Å². The quantitative estimate of drug-likeness (QED) is 0.294. The summed E-state index contributed by atoms with van der Waals surface area (Å²) in [4.78, 5) is 19.8. The molecule has 0 aliphatic carbocycles. The van der Waals surface area contributed by atoms with E-state index in [0.717, 1.165) is 51.0 Å². The minimum atomic E-state index is -0.0382. The molecule has 0 atom stereocenters. The van der Waals surface area contributed by atoms with Crippen LogP contribution in [0.15, 0.2) is 66.7 Å². The van der Waals surface area contributed by atoms with Crippen LogP contribution in [0.5, 0.6) is 0 Å². The molecule has 6 heteroatoms. The van der Waals surface area contributed by atoms with Crippen molar-refractivity contribution < 1.29 is 4.79 Å². The largest absolute Gasteiger partial charge is 0.354 e. The molecule has 0 aliphatic heterocycles. The topological polar surface area (TPSA) is 45.2 Å². The van der Waals surface area contributed by atoms with Crippen molar-refractivity contribution >= 4 is 40.0 Å². The van der Waals surface area contributed by atoms with Crippen LogP contribution < -0.4 is 5.32 Å². The third-order valence-corrected chi connectivity index (χ3v) is 6.04. The summed E-state index contributed by atoms with van der Waals surface area (Å²) in [6, 6.07) is 22.0. The maximum absolute atomic E-state index is 12.7. The number of benzene rings is 3. The van der Waals surface area contributed by atoms with Crippen molar-refractivity contribution in [3.05, 3.63) is 87.9 Å². The molecule has 1 aromatic heterocycles. The highest BCUT2D eigenvalue weighted by Crippen LogP contribution is 2.32. The molecular formula is C29H29Cl2N3O. The molecule has 4 nitrogen and oxygen atoms in total. The molecule has 35 heavy (non-hydrogen) atoms. The first-order valence-electron chi connectivity index (χ1n) is 11.6. The number of nitrogens with one attached hydrogen (secondary N) is 1. The summed E-state index contributed by atoms with van der Waals surface area (Å²) in [7, 11) is 4.08. The van der Waals surface area contributed by atoms with Gasteiger partial charge in [0.25, 0.3) is 0 Å². The van der Waals surface area contributed by atoms with Gasteiger partial charge in [0.05, 0.1) is 17.6 Å². The first kappa shape index (κ1) is 25.2. The molecule has 0 unspecified atom stereocenters. The molecule has 1 N–H and O–H groups in total. The van der Waals surface area contributed by atoms with E-state index in [1.165, 1.54) is 0 Å². The van der Waals surface area contributed by atoms with E-state index in [4.69, 9.17) is 28.2 Å². The van der Waals surface area contributed by atoms with Crippen LogP contribution >= 0.6 is 23.2 Å². The summed E-state index contributed by atoms with van der Waals surface area (Å²) in [6.07, 6.45) is 0.233. The van der Waals surface area contributed by atoms with E-state index in [1.807, 2.05) is 70.4 Å². The Morgan fingerprint density at radius 1 is 0.914 bits per heavy atom. The lowest BCUT2D eigenvalue weighted by Crippen LogP contribution is -2.31. The Balaban J connectivity index is 1.81. The number of hydrogen-bond donors (Lipinski definition) is 1. The van der Waals surface area contributed by atoms with Gasteiger partial charge < -0.3 is 10.2 Å². The first-order chi connectivity index (χ1) is 16.7. The van der Waals surface area contributed by atoms with Crippen LogP contribution in [0, 0.1) is 0 Å². The Labute approximate surface area is 216 Å². The Bertz CT molecular complexity index is 1380. The molecule has 1 heterocycles. The SMILES string of the molecule is CC(C)NC(=O)Cc1cc2cc(-c3cc(Cl)cc(CN(C)C)c3)ccc2nc1-c1cccc(Cl)c1. The lowest BCUT2D eigenvalue weighted by molar-refractivity contribution is -0.120. The summed E-state index contributed by atoms with van der Waals surface area (Å²) >= 11 is 12.7. The van der Waals surface area contributed by atoms with Crippen LogP contribution in [0.4, 0.5) is 0 Å². The van der Waals surface area contributed by atoms with Gasteiger partial charge in [0, 0.05) is 33.6 Å². The predicted octanol–water partition coefficient (Wildman–Crippen LogP) is 7.00. The number of amides is 1. The third-order valence-electron chi connectivity index (χ3n) is 5.58. The number of rotatable bonds is 7. The van der Waals surface area contributed by atoms with Crippen molar-refractivity contribution in [1.82, 2.24) is 15.2 Å². The molecule has 0 saturated carbocycles. The fraction of sp³-hybridized carbons (Fsp3) is 0.241. The fourth-order valence-electron chi connectivity index (χ4n) is 4.24.